The van der Waals surface area contributed by atoms with E-state index < -0.39 is 0 Å². The van der Waals surface area contributed by atoms with Crippen molar-refractivity contribution in [1.82, 2.24) is 10.2 Å². The summed E-state index contributed by atoms with van der Waals surface area (Å²) < 4.78 is 0. The van der Waals surface area contributed by atoms with Crippen LogP contribution >= 0.6 is 11.3 Å². The van der Waals surface area contributed by atoms with Crippen molar-refractivity contribution in [2.24, 2.45) is 11.8 Å². The van der Waals surface area contributed by atoms with Crippen molar-refractivity contribution in [1.29, 1.82) is 0 Å². The van der Waals surface area contributed by atoms with Gasteiger partial charge in [-0.15, -0.1) is 10.2 Å². The minimum atomic E-state index is 0.0520. The lowest BCUT2D eigenvalue weighted by Crippen LogP contribution is -2.24. The molecule has 0 radical (unpaired) electrons. The van der Waals surface area contributed by atoms with Crippen LogP contribution in [0.5, 0.6) is 0 Å². The maximum atomic E-state index is 11.8. The lowest BCUT2D eigenvalue weighted by molar-refractivity contribution is -0.120. The Bertz CT molecular complexity index is 365. The molecule has 3 N–H and O–H groups in total. The first-order chi connectivity index (χ1) is 7.16. The Kier molecular flexibility index (Phi) is 2.86. The molecule has 15 heavy (non-hydrogen) atoms. The van der Waals surface area contributed by atoms with Crippen molar-refractivity contribution in [3.05, 3.63) is 0 Å². The quantitative estimate of drug-likeness (QED) is 0.800. The van der Waals surface area contributed by atoms with Crippen LogP contribution < -0.4 is 11.1 Å². The molecule has 1 aromatic heterocycles. The first-order valence-corrected chi connectivity index (χ1v) is 5.88. The molecule has 1 aliphatic carbocycles. The number of nitrogens with two attached hydrogens (primary N) is 1. The highest BCUT2D eigenvalue weighted by atomic mass is 32.1. The van der Waals surface area contributed by atoms with E-state index >= 15 is 0 Å². The average molecular weight is 226 g/mol. The van der Waals surface area contributed by atoms with Gasteiger partial charge in [-0.05, 0) is 18.8 Å². The van der Waals surface area contributed by atoms with E-state index in [1.807, 2.05) is 0 Å². The Labute approximate surface area is 92.1 Å². The van der Waals surface area contributed by atoms with E-state index in [1.165, 1.54) is 11.3 Å². The number of hydrogen-bond acceptors (Lipinski definition) is 5. The van der Waals surface area contributed by atoms with Gasteiger partial charge in [-0.2, -0.15) is 0 Å². The predicted molar refractivity (Wildman–Crippen MR) is 59.5 cm³/mol. The first kappa shape index (κ1) is 10.4. The summed E-state index contributed by atoms with van der Waals surface area (Å²) in [6.07, 6.45) is 3.25. The zero-order valence-corrected chi connectivity index (χ0v) is 9.38. The van der Waals surface area contributed by atoms with Crippen molar-refractivity contribution >= 4 is 27.5 Å². The molecule has 0 saturated heterocycles. The third-order valence-corrected chi connectivity index (χ3v) is 3.54. The fourth-order valence-electron chi connectivity index (χ4n) is 2.02. The van der Waals surface area contributed by atoms with Crippen LogP contribution in [0.3, 0.4) is 0 Å². The maximum Gasteiger partial charge on any atom is 0.229 e. The number of aromatic nitrogens is 2. The Morgan fingerprint density at radius 3 is 2.87 bits per heavy atom. The van der Waals surface area contributed by atoms with Gasteiger partial charge in [0.15, 0.2) is 0 Å². The highest BCUT2D eigenvalue weighted by Gasteiger charge is 2.30. The summed E-state index contributed by atoms with van der Waals surface area (Å²) in [4.78, 5) is 11.8. The van der Waals surface area contributed by atoms with Gasteiger partial charge in [0, 0.05) is 5.92 Å². The molecule has 1 saturated carbocycles. The highest BCUT2D eigenvalue weighted by Crippen LogP contribution is 2.32. The van der Waals surface area contributed by atoms with Crippen LogP contribution in [-0.2, 0) is 4.79 Å². The number of nitrogens with zero attached hydrogens (tertiary/aromatic N) is 2. The Hall–Kier alpha value is -1.17. The normalized spacial score (nSPS) is 25.4. The lowest BCUT2D eigenvalue weighted by atomic mass is 9.97. The summed E-state index contributed by atoms with van der Waals surface area (Å²) in [5, 5.41) is 11.0. The van der Waals surface area contributed by atoms with Gasteiger partial charge in [-0.25, -0.2) is 0 Å². The van der Waals surface area contributed by atoms with E-state index in [0.29, 0.717) is 16.2 Å². The van der Waals surface area contributed by atoms with Gasteiger partial charge in [0.25, 0.3) is 0 Å². The second kappa shape index (κ2) is 4.14. The molecule has 5 nitrogen and oxygen atoms in total. The van der Waals surface area contributed by atoms with Crippen LogP contribution in [0.15, 0.2) is 0 Å². The Balaban J connectivity index is 1.97. The van der Waals surface area contributed by atoms with E-state index in [4.69, 9.17) is 5.73 Å². The van der Waals surface area contributed by atoms with E-state index in [2.05, 4.69) is 22.4 Å². The summed E-state index contributed by atoms with van der Waals surface area (Å²) in [6, 6.07) is 0. The zero-order valence-electron chi connectivity index (χ0n) is 8.56. The number of carbonyl (C=O) groups excluding carboxylic acids is 1. The molecular weight excluding hydrogens is 212 g/mol. The molecule has 6 heteroatoms. The average Bonchev–Trinajstić information content (AvgIpc) is 2.75. The lowest BCUT2D eigenvalue weighted by Gasteiger charge is -2.13. The minimum absolute atomic E-state index is 0.0520. The predicted octanol–water partition coefficient (Wildman–Crippen LogP) is 1.49. The SMILES string of the molecule is CC1CCCC1C(=O)Nc1nnc(N)s1. The van der Waals surface area contributed by atoms with Gasteiger partial charge in [-0.3, -0.25) is 4.79 Å². The molecule has 1 aliphatic rings. The first-order valence-electron chi connectivity index (χ1n) is 5.06. The molecule has 0 spiro atoms. The van der Waals surface area contributed by atoms with Gasteiger partial charge in [0.1, 0.15) is 0 Å². The van der Waals surface area contributed by atoms with Crippen LogP contribution in [0, 0.1) is 11.8 Å². The van der Waals surface area contributed by atoms with Gasteiger partial charge >= 0.3 is 0 Å². The Morgan fingerprint density at radius 2 is 2.33 bits per heavy atom. The fraction of sp³-hybridized carbons (Fsp3) is 0.667. The smallest absolute Gasteiger partial charge is 0.229 e. The van der Waals surface area contributed by atoms with Crippen molar-refractivity contribution in [2.45, 2.75) is 26.2 Å². The monoisotopic (exact) mass is 226 g/mol. The van der Waals surface area contributed by atoms with E-state index in [9.17, 15) is 4.79 Å². The highest BCUT2D eigenvalue weighted by molar-refractivity contribution is 7.18. The van der Waals surface area contributed by atoms with Crippen molar-refractivity contribution in [2.75, 3.05) is 11.1 Å². The van der Waals surface area contributed by atoms with Gasteiger partial charge < -0.3 is 11.1 Å². The van der Waals surface area contributed by atoms with E-state index in [0.717, 1.165) is 19.3 Å². The number of amides is 1. The van der Waals surface area contributed by atoms with Crippen LogP contribution in [0.4, 0.5) is 10.3 Å². The minimum Gasteiger partial charge on any atom is -0.374 e. The third-order valence-electron chi connectivity index (χ3n) is 2.87. The summed E-state index contributed by atoms with van der Waals surface area (Å²) >= 11 is 1.20. The third kappa shape index (κ3) is 2.26. The summed E-state index contributed by atoms with van der Waals surface area (Å²) in [6.45, 7) is 2.12. The van der Waals surface area contributed by atoms with Crippen LogP contribution in [-0.4, -0.2) is 16.1 Å². The molecule has 82 valence electrons. The Morgan fingerprint density at radius 1 is 1.53 bits per heavy atom. The number of hydrogen-bond donors (Lipinski definition) is 2. The van der Waals surface area contributed by atoms with Gasteiger partial charge in [0.2, 0.25) is 16.2 Å². The van der Waals surface area contributed by atoms with E-state index in [1.54, 1.807) is 0 Å². The van der Waals surface area contributed by atoms with Crippen LogP contribution in [0.1, 0.15) is 26.2 Å². The second-order valence-corrected chi connectivity index (χ2v) is 4.96. The number of carbonyl (C=O) groups is 1. The molecule has 2 rings (SSSR count). The summed E-state index contributed by atoms with van der Waals surface area (Å²) in [7, 11) is 0. The maximum absolute atomic E-state index is 11.8. The van der Waals surface area contributed by atoms with Gasteiger partial charge in [0.05, 0.1) is 0 Å². The van der Waals surface area contributed by atoms with Gasteiger partial charge in [-0.1, -0.05) is 24.7 Å². The number of nitrogen functional groups attached to an aromatic ring is 1. The fourth-order valence-corrected chi connectivity index (χ4v) is 2.53. The molecule has 1 amide bonds. The van der Waals surface area contributed by atoms with Crippen molar-refractivity contribution in [3.63, 3.8) is 0 Å². The number of rotatable bonds is 2. The molecular formula is C9H14N4OS. The topological polar surface area (TPSA) is 80.9 Å². The van der Waals surface area contributed by atoms with Crippen molar-refractivity contribution < 1.29 is 4.79 Å². The molecule has 2 atom stereocenters. The largest absolute Gasteiger partial charge is 0.374 e. The molecule has 1 heterocycles. The molecule has 0 bridgehead atoms. The summed E-state index contributed by atoms with van der Waals surface area (Å²) in [5.41, 5.74) is 5.43. The van der Waals surface area contributed by atoms with Crippen molar-refractivity contribution in [3.8, 4) is 0 Å². The molecule has 2 unspecified atom stereocenters. The number of anilines is 2. The van der Waals surface area contributed by atoms with Crippen LogP contribution in [0.2, 0.25) is 0 Å². The summed E-state index contributed by atoms with van der Waals surface area (Å²) in [5.74, 6) is 0.640. The molecule has 0 aliphatic heterocycles. The van der Waals surface area contributed by atoms with E-state index in [-0.39, 0.29) is 11.8 Å². The molecule has 1 aromatic rings. The second-order valence-electron chi connectivity index (χ2n) is 3.95. The number of nitrogens with one attached hydrogen (secondary N) is 1. The zero-order chi connectivity index (χ0) is 10.8. The molecule has 0 aromatic carbocycles. The standard InChI is InChI=1S/C9H14N4OS/c1-5-3-2-4-6(5)7(14)11-9-13-12-8(10)15-9/h5-6H,2-4H2,1H3,(H2,10,12)(H,11,13,14). The molecule has 1 fully saturated rings. The van der Waals surface area contributed by atoms with Crippen LogP contribution in [0.25, 0.3) is 0 Å².